The van der Waals surface area contributed by atoms with Crippen LogP contribution in [0.25, 0.3) is 0 Å². The highest BCUT2D eigenvalue weighted by molar-refractivity contribution is 7.92. The number of fused-ring (bicyclic) bond motifs is 1. The average molecular weight is 471 g/mol. The van der Waals surface area contributed by atoms with Crippen molar-refractivity contribution < 1.29 is 16.8 Å². The average Bonchev–Trinajstić information content (AvgIpc) is 2.76. The maximum absolute atomic E-state index is 13.0. The maximum Gasteiger partial charge on any atom is 0.243 e. The number of hydrogen-bond donors (Lipinski definition) is 1. The second-order valence-corrected chi connectivity index (χ2v) is 11.8. The molecule has 3 aromatic rings. The Morgan fingerprint density at radius 2 is 1.62 bits per heavy atom. The highest BCUT2D eigenvalue weighted by Gasteiger charge is 2.28. The molecule has 8 heteroatoms. The molecule has 6 nitrogen and oxygen atoms in total. The van der Waals surface area contributed by atoms with Gasteiger partial charge in [0.15, 0.2) is 0 Å². The first-order chi connectivity index (χ1) is 15.1. The smallest absolute Gasteiger partial charge is 0.243 e. The van der Waals surface area contributed by atoms with Crippen LogP contribution in [0.2, 0.25) is 0 Å². The summed E-state index contributed by atoms with van der Waals surface area (Å²) in [5.41, 5.74) is 4.97. The van der Waals surface area contributed by atoms with E-state index in [9.17, 15) is 16.8 Å². The Kier molecular flexibility index (Phi) is 6.11. The SMILES string of the molecule is Cc1ccc(C)c(CS(=O)(=O)Nc2ccc3c(c2)CN(S(=O)(=O)c2ccccc2)CC3)c1. The zero-order chi connectivity index (χ0) is 22.9. The van der Waals surface area contributed by atoms with Crippen molar-refractivity contribution in [2.24, 2.45) is 0 Å². The van der Waals surface area contributed by atoms with Crippen LogP contribution >= 0.6 is 0 Å². The molecule has 0 bridgehead atoms. The van der Waals surface area contributed by atoms with Crippen LogP contribution < -0.4 is 4.72 Å². The molecule has 0 atom stereocenters. The Bertz CT molecular complexity index is 1350. The monoisotopic (exact) mass is 470 g/mol. The Labute approximate surface area is 190 Å². The molecular weight excluding hydrogens is 444 g/mol. The first-order valence-corrected chi connectivity index (χ1v) is 13.5. The van der Waals surface area contributed by atoms with Gasteiger partial charge in [0.25, 0.3) is 0 Å². The predicted molar refractivity (Wildman–Crippen MR) is 126 cm³/mol. The van der Waals surface area contributed by atoms with Gasteiger partial charge in [-0.2, -0.15) is 4.31 Å². The molecule has 0 aliphatic carbocycles. The molecule has 4 rings (SSSR count). The van der Waals surface area contributed by atoms with Crippen LogP contribution in [0.15, 0.2) is 71.6 Å². The molecule has 3 aromatic carbocycles. The Morgan fingerprint density at radius 3 is 2.38 bits per heavy atom. The lowest BCUT2D eigenvalue weighted by molar-refractivity contribution is 0.391. The van der Waals surface area contributed by atoms with Crippen LogP contribution in [0.1, 0.15) is 27.8 Å². The van der Waals surface area contributed by atoms with Crippen molar-refractivity contribution in [1.29, 1.82) is 0 Å². The third kappa shape index (κ3) is 4.87. The molecule has 0 spiro atoms. The van der Waals surface area contributed by atoms with Crippen LogP contribution in [0.5, 0.6) is 0 Å². The molecule has 0 amide bonds. The minimum absolute atomic E-state index is 0.119. The first kappa shape index (κ1) is 22.5. The minimum Gasteiger partial charge on any atom is -0.283 e. The summed E-state index contributed by atoms with van der Waals surface area (Å²) in [5, 5.41) is 0. The third-order valence-electron chi connectivity index (χ3n) is 5.69. The largest absolute Gasteiger partial charge is 0.283 e. The van der Waals surface area contributed by atoms with E-state index in [2.05, 4.69) is 4.72 Å². The number of nitrogens with zero attached hydrogens (tertiary/aromatic N) is 1. The highest BCUT2D eigenvalue weighted by Crippen LogP contribution is 2.27. The minimum atomic E-state index is -3.62. The van der Waals surface area contributed by atoms with E-state index in [0.29, 0.717) is 18.7 Å². The van der Waals surface area contributed by atoms with Crippen molar-refractivity contribution in [2.75, 3.05) is 11.3 Å². The first-order valence-electron chi connectivity index (χ1n) is 10.4. The summed E-state index contributed by atoms with van der Waals surface area (Å²) >= 11 is 0. The van der Waals surface area contributed by atoms with E-state index in [-0.39, 0.29) is 17.2 Å². The molecule has 1 aliphatic heterocycles. The fourth-order valence-electron chi connectivity index (χ4n) is 3.92. The lowest BCUT2D eigenvalue weighted by Gasteiger charge is -2.28. The molecule has 1 aliphatic rings. The summed E-state index contributed by atoms with van der Waals surface area (Å²) < 4.78 is 55.7. The summed E-state index contributed by atoms with van der Waals surface area (Å²) in [4.78, 5) is 0.258. The number of anilines is 1. The summed E-state index contributed by atoms with van der Waals surface area (Å²) in [6.07, 6.45) is 0.580. The van der Waals surface area contributed by atoms with Crippen molar-refractivity contribution in [3.8, 4) is 0 Å². The molecule has 0 unspecified atom stereocenters. The molecular formula is C24H26N2O4S2. The quantitative estimate of drug-likeness (QED) is 0.590. The van der Waals surface area contributed by atoms with Gasteiger partial charge in [-0.1, -0.05) is 48.0 Å². The number of hydrogen-bond acceptors (Lipinski definition) is 4. The molecule has 1 heterocycles. The van der Waals surface area contributed by atoms with Crippen molar-refractivity contribution in [3.63, 3.8) is 0 Å². The summed E-state index contributed by atoms with van der Waals surface area (Å²) in [5.74, 6) is -0.119. The third-order valence-corrected chi connectivity index (χ3v) is 8.79. The fourth-order valence-corrected chi connectivity index (χ4v) is 6.64. The number of aryl methyl sites for hydroxylation is 2. The van der Waals surface area contributed by atoms with Gasteiger partial charge < -0.3 is 0 Å². The Balaban J connectivity index is 1.54. The summed E-state index contributed by atoms with van der Waals surface area (Å²) in [6.45, 7) is 4.42. The van der Waals surface area contributed by atoms with Gasteiger partial charge in [-0.3, -0.25) is 4.72 Å². The van der Waals surface area contributed by atoms with Crippen LogP contribution in [0.3, 0.4) is 0 Å². The molecule has 32 heavy (non-hydrogen) atoms. The predicted octanol–water partition coefficient (Wildman–Crippen LogP) is 3.99. The van der Waals surface area contributed by atoms with Crippen molar-refractivity contribution in [3.05, 3.63) is 94.5 Å². The number of rotatable bonds is 6. The zero-order valence-corrected chi connectivity index (χ0v) is 19.7. The molecule has 1 N–H and O–H groups in total. The van der Waals surface area contributed by atoms with Gasteiger partial charge in [-0.25, -0.2) is 16.8 Å². The molecule has 0 aromatic heterocycles. The second-order valence-electron chi connectivity index (χ2n) is 8.18. The molecule has 0 radical (unpaired) electrons. The van der Waals surface area contributed by atoms with E-state index in [0.717, 1.165) is 27.8 Å². The fraction of sp³-hybridized carbons (Fsp3) is 0.250. The van der Waals surface area contributed by atoms with E-state index in [4.69, 9.17) is 0 Å². The standard InChI is InChI=1S/C24H26N2O4S2/c1-18-8-9-19(2)22(14-18)17-31(27,28)25-23-11-10-20-12-13-26(16-21(20)15-23)32(29,30)24-6-4-3-5-7-24/h3-11,14-15,25H,12-13,16-17H2,1-2H3. The number of benzene rings is 3. The van der Waals surface area contributed by atoms with Gasteiger partial charge in [0, 0.05) is 18.8 Å². The molecule has 0 saturated carbocycles. The van der Waals surface area contributed by atoms with Crippen molar-refractivity contribution >= 4 is 25.7 Å². The van der Waals surface area contributed by atoms with Crippen LogP contribution in [0, 0.1) is 13.8 Å². The van der Waals surface area contributed by atoms with E-state index in [1.807, 2.05) is 38.1 Å². The van der Waals surface area contributed by atoms with E-state index in [1.54, 1.807) is 42.5 Å². The number of sulfonamides is 2. The van der Waals surface area contributed by atoms with Gasteiger partial charge >= 0.3 is 0 Å². The van der Waals surface area contributed by atoms with Gasteiger partial charge in [-0.05, 0) is 66.8 Å². The summed E-state index contributed by atoms with van der Waals surface area (Å²) in [7, 11) is -7.23. The van der Waals surface area contributed by atoms with Gasteiger partial charge in [0.1, 0.15) is 0 Å². The molecule has 168 valence electrons. The van der Waals surface area contributed by atoms with E-state index >= 15 is 0 Å². The normalized spacial score (nSPS) is 14.7. The Morgan fingerprint density at radius 1 is 0.875 bits per heavy atom. The summed E-state index contributed by atoms with van der Waals surface area (Å²) in [6, 6.07) is 19.5. The van der Waals surface area contributed by atoms with E-state index < -0.39 is 20.0 Å². The van der Waals surface area contributed by atoms with Gasteiger partial charge in [0.2, 0.25) is 20.0 Å². The van der Waals surface area contributed by atoms with Crippen LogP contribution in [0.4, 0.5) is 5.69 Å². The Hall–Kier alpha value is -2.68. The van der Waals surface area contributed by atoms with Crippen molar-refractivity contribution in [1.82, 2.24) is 4.31 Å². The zero-order valence-electron chi connectivity index (χ0n) is 18.1. The molecule has 0 saturated heterocycles. The lowest BCUT2D eigenvalue weighted by Crippen LogP contribution is -2.36. The van der Waals surface area contributed by atoms with Crippen LogP contribution in [-0.2, 0) is 38.8 Å². The maximum atomic E-state index is 13.0. The van der Waals surface area contributed by atoms with Crippen molar-refractivity contribution in [2.45, 2.75) is 37.5 Å². The topological polar surface area (TPSA) is 83.6 Å². The lowest BCUT2D eigenvalue weighted by atomic mass is 10.0. The van der Waals surface area contributed by atoms with E-state index in [1.165, 1.54) is 4.31 Å². The second kappa shape index (κ2) is 8.69. The van der Waals surface area contributed by atoms with Crippen LogP contribution in [-0.4, -0.2) is 27.7 Å². The van der Waals surface area contributed by atoms with Gasteiger partial charge in [0.05, 0.1) is 10.6 Å². The van der Waals surface area contributed by atoms with Gasteiger partial charge in [-0.15, -0.1) is 0 Å². The molecule has 0 fully saturated rings. The highest BCUT2D eigenvalue weighted by atomic mass is 32.2. The number of nitrogens with one attached hydrogen (secondary N) is 1.